The van der Waals surface area contributed by atoms with Crippen molar-refractivity contribution < 1.29 is 13.9 Å². The number of carbonyl (C=O) groups is 1. The van der Waals surface area contributed by atoms with Gasteiger partial charge in [-0.3, -0.25) is 14.4 Å². The number of nitrogens with one attached hydrogen (secondary N) is 1. The molecule has 0 bridgehead atoms. The lowest BCUT2D eigenvalue weighted by Gasteiger charge is -2.33. The zero-order valence-corrected chi connectivity index (χ0v) is 29.8. The van der Waals surface area contributed by atoms with E-state index in [-0.39, 0.29) is 24.4 Å². The highest BCUT2D eigenvalue weighted by Gasteiger charge is 2.31. The Balaban J connectivity index is 0.941. The van der Waals surface area contributed by atoms with E-state index in [2.05, 4.69) is 50.1 Å². The van der Waals surface area contributed by atoms with Crippen LogP contribution in [0.4, 0.5) is 15.9 Å². The van der Waals surface area contributed by atoms with Crippen LogP contribution in [0.15, 0.2) is 55.0 Å². The van der Waals surface area contributed by atoms with Crippen LogP contribution in [0.3, 0.4) is 0 Å². The van der Waals surface area contributed by atoms with Gasteiger partial charge in [0, 0.05) is 54.5 Å². The molecule has 3 aliphatic rings. The molecule has 3 aromatic heterocycles. The average Bonchev–Trinajstić information content (AvgIpc) is 3.85. The molecule has 8 rings (SSSR count). The summed E-state index contributed by atoms with van der Waals surface area (Å²) in [7, 11) is 4.24. The summed E-state index contributed by atoms with van der Waals surface area (Å²) in [6.45, 7) is 4.22. The van der Waals surface area contributed by atoms with E-state index in [1.54, 1.807) is 29.8 Å². The molecule has 1 aliphatic carbocycles. The number of benzene rings is 2. The molecule has 1 N–H and O–H groups in total. The predicted octanol–water partition coefficient (Wildman–Crippen LogP) is 6.57. The fourth-order valence-electron chi connectivity index (χ4n) is 7.44. The van der Waals surface area contributed by atoms with Crippen LogP contribution in [0.25, 0.3) is 20.7 Å². The van der Waals surface area contributed by atoms with Crippen LogP contribution in [-0.2, 0) is 24.2 Å². The van der Waals surface area contributed by atoms with Crippen LogP contribution < -0.4 is 10.1 Å². The molecule has 260 valence electrons. The summed E-state index contributed by atoms with van der Waals surface area (Å²) >= 11 is 8.28. The van der Waals surface area contributed by atoms with E-state index >= 15 is 0 Å². The van der Waals surface area contributed by atoms with Gasteiger partial charge in [0.15, 0.2) is 0 Å². The Morgan fingerprint density at radius 2 is 1.96 bits per heavy atom. The third kappa shape index (κ3) is 6.69. The van der Waals surface area contributed by atoms with Crippen molar-refractivity contribution in [3.63, 3.8) is 0 Å². The molecule has 0 saturated carbocycles. The Kier molecular flexibility index (Phi) is 9.19. The molecule has 2 fully saturated rings. The number of ether oxygens (including phenoxy) is 1. The second-order valence-corrected chi connectivity index (χ2v) is 15.1. The van der Waals surface area contributed by atoms with Gasteiger partial charge in [0.1, 0.15) is 35.1 Å². The van der Waals surface area contributed by atoms with Crippen molar-refractivity contribution in [3.05, 3.63) is 82.6 Å². The topological polar surface area (TPSA) is 91.7 Å². The van der Waals surface area contributed by atoms with Crippen molar-refractivity contribution in [2.24, 2.45) is 0 Å². The van der Waals surface area contributed by atoms with Crippen LogP contribution in [-0.4, -0.2) is 93.2 Å². The lowest BCUT2D eigenvalue weighted by molar-refractivity contribution is -0.133. The largest absolute Gasteiger partial charge is 0.487 e. The molecule has 0 radical (unpaired) electrons. The molecule has 2 saturated heterocycles. The van der Waals surface area contributed by atoms with Gasteiger partial charge in [-0.2, -0.15) is 5.10 Å². The molecule has 2 aliphatic heterocycles. The summed E-state index contributed by atoms with van der Waals surface area (Å²) in [5, 5.41) is 10.0. The minimum absolute atomic E-state index is 0.214. The van der Waals surface area contributed by atoms with E-state index in [0.29, 0.717) is 23.4 Å². The molecule has 5 heterocycles. The predicted molar refractivity (Wildman–Crippen MR) is 195 cm³/mol. The summed E-state index contributed by atoms with van der Waals surface area (Å²) in [6, 6.07) is 12.6. The minimum atomic E-state index is -0.301. The van der Waals surface area contributed by atoms with Crippen LogP contribution in [0, 0.1) is 5.82 Å². The Hall–Kier alpha value is -4.10. The van der Waals surface area contributed by atoms with Gasteiger partial charge in [0.2, 0.25) is 5.91 Å². The number of likely N-dealkylation sites (tertiary alicyclic amines) is 2. The smallest absolute Gasteiger partial charge is 0.236 e. The number of thiophene rings is 1. The van der Waals surface area contributed by atoms with Crippen molar-refractivity contribution in [2.45, 2.75) is 50.8 Å². The molecular weight excluding hydrogens is 675 g/mol. The average molecular weight is 715 g/mol. The molecule has 5 aromatic rings. The van der Waals surface area contributed by atoms with E-state index in [4.69, 9.17) is 21.4 Å². The summed E-state index contributed by atoms with van der Waals surface area (Å²) in [5.41, 5.74) is 5.04. The second kappa shape index (κ2) is 13.9. The number of anilines is 2. The van der Waals surface area contributed by atoms with Crippen LogP contribution >= 0.6 is 22.9 Å². The van der Waals surface area contributed by atoms with E-state index in [0.717, 1.165) is 91.3 Å². The number of hydrogen-bond donors (Lipinski definition) is 1. The minimum Gasteiger partial charge on any atom is -0.487 e. The summed E-state index contributed by atoms with van der Waals surface area (Å²) < 4.78 is 21.6. The Bertz CT molecular complexity index is 2040. The van der Waals surface area contributed by atoms with Gasteiger partial charge in [-0.15, -0.1) is 11.3 Å². The molecule has 2 aromatic carbocycles. The quantitative estimate of drug-likeness (QED) is 0.184. The third-order valence-corrected chi connectivity index (χ3v) is 11.7. The van der Waals surface area contributed by atoms with Gasteiger partial charge in [-0.25, -0.2) is 14.4 Å². The number of carbonyl (C=O) groups excluding carboxylic acids is 1. The molecule has 1 atom stereocenters. The fourth-order valence-corrected chi connectivity index (χ4v) is 8.90. The first-order chi connectivity index (χ1) is 24.3. The zero-order chi connectivity index (χ0) is 34.4. The molecule has 0 spiro atoms. The van der Waals surface area contributed by atoms with E-state index in [1.807, 2.05) is 23.1 Å². The van der Waals surface area contributed by atoms with Crippen molar-refractivity contribution in [1.82, 2.24) is 34.4 Å². The van der Waals surface area contributed by atoms with Crippen molar-refractivity contribution in [2.75, 3.05) is 52.1 Å². The highest BCUT2D eigenvalue weighted by atomic mass is 35.5. The van der Waals surface area contributed by atoms with Crippen LogP contribution in [0.2, 0.25) is 5.02 Å². The first kappa shape index (κ1) is 33.1. The van der Waals surface area contributed by atoms with Crippen LogP contribution in [0.5, 0.6) is 5.75 Å². The summed E-state index contributed by atoms with van der Waals surface area (Å²) in [5.74, 6) is 1.20. The molecule has 10 nitrogen and oxygen atoms in total. The number of rotatable bonds is 9. The normalized spacial score (nSPS) is 18.1. The van der Waals surface area contributed by atoms with Crippen molar-refractivity contribution in [1.29, 1.82) is 0 Å². The molecule has 0 unspecified atom stereocenters. The number of piperidine rings is 1. The number of fused-ring (bicyclic) bond motifs is 5. The molecule has 13 heteroatoms. The fraction of sp³-hybridized carbons (Fsp3) is 0.405. The number of hydrogen-bond acceptors (Lipinski definition) is 9. The van der Waals surface area contributed by atoms with Crippen molar-refractivity contribution >= 4 is 50.6 Å². The maximum absolute atomic E-state index is 13.6. The number of halogens is 2. The Morgan fingerprint density at radius 3 is 2.74 bits per heavy atom. The molecular formula is C37H40ClFN8O2S. The van der Waals surface area contributed by atoms with Gasteiger partial charge in [0.05, 0.1) is 28.7 Å². The van der Waals surface area contributed by atoms with Gasteiger partial charge >= 0.3 is 0 Å². The first-order valence-electron chi connectivity index (χ1n) is 17.2. The molecule has 50 heavy (non-hydrogen) atoms. The Morgan fingerprint density at radius 1 is 1.10 bits per heavy atom. The standard InChI is InChI=1S/C37H40ClFN8O2S/c1-44(2)27-10-13-45(18-27)20-33(48)46-14-11-26(12-15-46)47-19-29-31(43-47)8-7-28-34-36(40-22-41-37(34)50-35(28)29)42-25-6-9-32(30(38)17-25)49-21-23-4-3-5-24(39)16-23/h3-6,9,16-17,19,22,26-27H,7-8,10-15,18,20-21H2,1-2H3,(H,40,41,42)/t27-/m1/s1. The third-order valence-electron chi connectivity index (χ3n) is 10.3. The summed E-state index contributed by atoms with van der Waals surface area (Å²) in [4.78, 5) is 31.1. The van der Waals surface area contributed by atoms with Gasteiger partial charge in [0.25, 0.3) is 0 Å². The lowest BCUT2D eigenvalue weighted by Crippen LogP contribution is -2.44. The first-order valence-corrected chi connectivity index (χ1v) is 18.4. The van der Waals surface area contributed by atoms with Gasteiger partial charge < -0.3 is 19.9 Å². The number of aromatic nitrogens is 4. The number of aryl methyl sites for hydroxylation is 2. The zero-order valence-electron chi connectivity index (χ0n) is 28.2. The highest BCUT2D eigenvalue weighted by molar-refractivity contribution is 7.22. The molecule has 1 amide bonds. The lowest BCUT2D eigenvalue weighted by atomic mass is 9.95. The highest BCUT2D eigenvalue weighted by Crippen LogP contribution is 2.46. The van der Waals surface area contributed by atoms with Gasteiger partial charge in [-0.1, -0.05) is 23.7 Å². The number of amides is 1. The van der Waals surface area contributed by atoms with E-state index < -0.39 is 0 Å². The number of nitrogens with zero attached hydrogens (tertiary/aromatic N) is 7. The second-order valence-electron chi connectivity index (χ2n) is 13.7. The maximum atomic E-state index is 13.6. The summed E-state index contributed by atoms with van der Waals surface area (Å²) in [6.07, 6.45) is 8.43. The van der Waals surface area contributed by atoms with Crippen molar-refractivity contribution in [3.8, 4) is 16.2 Å². The van der Waals surface area contributed by atoms with Crippen LogP contribution in [0.1, 0.15) is 42.1 Å². The monoisotopic (exact) mass is 714 g/mol. The number of likely N-dealkylation sites (N-methyl/N-ethyl adjacent to an activating group) is 1. The Labute approximate surface area is 299 Å². The van der Waals surface area contributed by atoms with E-state index in [1.165, 1.54) is 28.1 Å². The SMILES string of the molecule is CN(C)[C@@H]1CCN(CC(=O)N2CCC(n3cc4c(n3)CCc3c-4sc4ncnc(Nc5ccc(OCc6cccc(F)c6)c(Cl)c5)c34)CC2)C1. The van der Waals surface area contributed by atoms with Gasteiger partial charge in [-0.05, 0) is 87.7 Å². The maximum Gasteiger partial charge on any atom is 0.236 e. The van der Waals surface area contributed by atoms with E-state index in [9.17, 15) is 9.18 Å².